The molecule has 2 aromatic carbocycles. The van der Waals surface area contributed by atoms with Crippen LogP contribution in [0.4, 0.5) is 0 Å². The third-order valence-electron chi connectivity index (χ3n) is 4.59. The van der Waals surface area contributed by atoms with Gasteiger partial charge in [-0.2, -0.15) is 0 Å². The van der Waals surface area contributed by atoms with Crippen LogP contribution in [0.3, 0.4) is 0 Å². The van der Waals surface area contributed by atoms with Crippen LogP contribution in [0.25, 0.3) is 0 Å². The summed E-state index contributed by atoms with van der Waals surface area (Å²) >= 11 is 0. The van der Waals surface area contributed by atoms with Gasteiger partial charge in [0.25, 0.3) is 5.91 Å². The molecule has 0 saturated carbocycles. The minimum Gasteiger partial charge on any atom is -0.454 e. The molecule has 1 aliphatic heterocycles. The second kappa shape index (κ2) is 7.92. The van der Waals surface area contributed by atoms with Gasteiger partial charge in [0.05, 0.1) is 4.90 Å². The van der Waals surface area contributed by atoms with Gasteiger partial charge in [0, 0.05) is 30.6 Å². The molecule has 0 saturated heterocycles. The van der Waals surface area contributed by atoms with Crippen molar-refractivity contribution in [2.45, 2.75) is 10.1 Å². The number of hydrogen-bond donors (Lipinski definition) is 1. The standard InChI is InChI=1S/C21H18N2O5S/c24-21(15-5-2-1-3-6-15)23-13-20(16-7-4-10-22-12-16)29(25,26)17-8-9-18-19(11-17)28-14-27-18/h1-12,20H,13-14H2,(H,23,24)/t20-/m0/s1. The molecule has 1 atom stereocenters. The molecule has 1 amide bonds. The second-order valence-corrected chi connectivity index (χ2v) is 8.54. The van der Waals surface area contributed by atoms with E-state index in [1.807, 2.05) is 0 Å². The summed E-state index contributed by atoms with van der Waals surface area (Å²) in [6.45, 7) is -0.0474. The van der Waals surface area contributed by atoms with Crippen molar-refractivity contribution < 1.29 is 22.7 Å². The molecule has 2 heterocycles. The number of nitrogens with one attached hydrogen (secondary N) is 1. The molecule has 0 fully saturated rings. The smallest absolute Gasteiger partial charge is 0.251 e. The van der Waals surface area contributed by atoms with Crippen molar-refractivity contribution >= 4 is 15.7 Å². The molecule has 1 aromatic heterocycles. The molecule has 4 rings (SSSR count). The lowest BCUT2D eigenvalue weighted by Crippen LogP contribution is -2.32. The molecule has 0 bridgehead atoms. The van der Waals surface area contributed by atoms with Crippen molar-refractivity contribution in [3.63, 3.8) is 0 Å². The summed E-state index contributed by atoms with van der Waals surface area (Å²) in [5.41, 5.74) is 0.941. The first-order chi connectivity index (χ1) is 14.1. The maximum absolute atomic E-state index is 13.4. The summed E-state index contributed by atoms with van der Waals surface area (Å²) < 4.78 is 37.4. The van der Waals surface area contributed by atoms with Crippen LogP contribution < -0.4 is 14.8 Å². The van der Waals surface area contributed by atoms with E-state index >= 15 is 0 Å². The molecule has 148 valence electrons. The number of rotatable bonds is 6. The molecule has 1 N–H and O–H groups in total. The zero-order chi connectivity index (χ0) is 20.3. The van der Waals surface area contributed by atoms with Gasteiger partial charge in [-0.3, -0.25) is 9.78 Å². The number of fused-ring (bicyclic) bond motifs is 1. The average molecular weight is 410 g/mol. The molecule has 8 heteroatoms. The quantitative estimate of drug-likeness (QED) is 0.672. The van der Waals surface area contributed by atoms with Gasteiger partial charge in [-0.05, 0) is 35.9 Å². The predicted molar refractivity (Wildman–Crippen MR) is 106 cm³/mol. The van der Waals surface area contributed by atoms with Crippen LogP contribution in [0.1, 0.15) is 21.2 Å². The SMILES string of the molecule is O=C(NC[C@@H](c1cccnc1)S(=O)(=O)c1ccc2c(c1)OCO2)c1ccccc1. The van der Waals surface area contributed by atoms with Gasteiger partial charge in [-0.1, -0.05) is 24.3 Å². The molecule has 7 nitrogen and oxygen atoms in total. The monoisotopic (exact) mass is 410 g/mol. The summed E-state index contributed by atoms with van der Waals surface area (Å²) in [5, 5.41) is 1.71. The Morgan fingerprint density at radius 2 is 1.83 bits per heavy atom. The van der Waals surface area contributed by atoms with E-state index < -0.39 is 15.1 Å². The first-order valence-corrected chi connectivity index (χ1v) is 10.5. The second-order valence-electron chi connectivity index (χ2n) is 6.41. The fourth-order valence-corrected chi connectivity index (χ4v) is 4.73. The Balaban J connectivity index is 1.64. The van der Waals surface area contributed by atoms with E-state index in [9.17, 15) is 13.2 Å². The highest BCUT2D eigenvalue weighted by Crippen LogP contribution is 2.37. The van der Waals surface area contributed by atoms with Gasteiger partial charge in [-0.15, -0.1) is 0 Å². The Hall–Kier alpha value is -3.39. The van der Waals surface area contributed by atoms with Crippen molar-refractivity contribution in [2.24, 2.45) is 0 Å². The van der Waals surface area contributed by atoms with Gasteiger partial charge in [-0.25, -0.2) is 8.42 Å². The van der Waals surface area contributed by atoms with Crippen LogP contribution in [0, 0.1) is 0 Å². The Kier molecular flexibility index (Phi) is 5.18. The molecule has 0 radical (unpaired) electrons. The summed E-state index contributed by atoms with van der Waals surface area (Å²) in [7, 11) is -3.84. The van der Waals surface area contributed by atoms with Crippen molar-refractivity contribution in [1.82, 2.24) is 10.3 Å². The zero-order valence-corrected chi connectivity index (χ0v) is 16.1. The lowest BCUT2D eigenvalue weighted by Gasteiger charge is -2.19. The van der Waals surface area contributed by atoms with E-state index in [1.54, 1.807) is 54.7 Å². The molecule has 0 unspecified atom stereocenters. The van der Waals surface area contributed by atoms with Crippen LogP contribution >= 0.6 is 0 Å². The summed E-state index contributed by atoms with van der Waals surface area (Å²) in [6.07, 6.45) is 3.06. The molecular weight excluding hydrogens is 392 g/mol. The van der Waals surface area contributed by atoms with Crippen molar-refractivity contribution in [1.29, 1.82) is 0 Å². The van der Waals surface area contributed by atoms with Crippen LogP contribution in [-0.2, 0) is 9.84 Å². The number of ether oxygens (including phenoxy) is 2. The van der Waals surface area contributed by atoms with Gasteiger partial charge in [0.2, 0.25) is 6.79 Å². The maximum atomic E-state index is 13.4. The minimum absolute atomic E-state index is 0.0536. The third-order valence-corrected chi connectivity index (χ3v) is 6.69. The number of benzene rings is 2. The number of hydrogen-bond acceptors (Lipinski definition) is 6. The van der Waals surface area contributed by atoms with Gasteiger partial charge < -0.3 is 14.8 Å². The Bertz CT molecular complexity index is 1120. The Labute approximate surface area is 168 Å². The van der Waals surface area contributed by atoms with Crippen molar-refractivity contribution in [2.75, 3.05) is 13.3 Å². The van der Waals surface area contributed by atoms with E-state index in [1.165, 1.54) is 18.3 Å². The van der Waals surface area contributed by atoms with E-state index in [2.05, 4.69) is 10.3 Å². The first-order valence-electron chi connectivity index (χ1n) is 8.92. The number of pyridine rings is 1. The highest BCUT2D eigenvalue weighted by molar-refractivity contribution is 7.91. The van der Waals surface area contributed by atoms with Gasteiger partial charge in [0.15, 0.2) is 21.3 Å². The highest BCUT2D eigenvalue weighted by Gasteiger charge is 2.31. The van der Waals surface area contributed by atoms with Crippen molar-refractivity contribution in [3.8, 4) is 11.5 Å². The normalized spacial score (nSPS) is 13.7. The first kappa shape index (κ1) is 18.9. The van der Waals surface area contributed by atoms with E-state index in [0.29, 0.717) is 22.6 Å². The van der Waals surface area contributed by atoms with Crippen LogP contribution in [0.15, 0.2) is 78.0 Å². The summed E-state index contributed by atoms with van der Waals surface area (Å²) in [5.74, 6) is 0.531. The molecule has 0 spiro atoms. The minimum atomic E-state index is -3.84. The predicted octanol–water partition coefficient (Wildman–Crippen LogP) is 2.76. The lowest BCUT2D eigenvalue weighted by atomic mass is 10.2. The number of amides is 1. The topological polar surface area (TPSA) is 94.6 Å². The van der Waals surface area contributed by atoms with Crippen molar-refractivity contribution in [3.05, 3.63) is 84.2 Å². The van der Waals surface area contributed by atoms with Crippen LogP contribution in [0.5, 0.6) is 11.5 Å². The number of carbonyl (C=O) groups excluding carboxylic acids is 1. The number of sulfone groups is 1. The summed E-state index contributed by atoms with van der Waals surface area (Å²) in [4.78, 5) is 16.6. The summed E-state index contributed by atoms with van der Waals surface area (Å²) in [6, 6.07) is 16.5. The zero-order valence-electron chi connectivity index (χ0n) is 15.3. The number of aromatic nitrogens is 1. The van der Waals surface area contributed by atoms with Crippen LogP contribution in [-0.4, -0.2) is 32.6 Å². The fourth-order valence-electron chi connectivity index (χ4n) is 3.07. The highest BCUT2D eigenvalue weighted by atomic mass is 32.2. The van der Waals surface area contributed by atoms with E-state index in [4.69, 9.17) is 9.47 Å². The molecular formula is C21H18N2O5S. The fraction of sp³-hybridized carbons (Fsp3) is 0.143. The molecule has 29 heavy (non-hydrogen) atoms. The Morgan fingerprint density at radius 1 is 1.03 bits per heavy atom. The largest absolute Gasteiger partial charge is 0.454 e. The lowest BCUT2D eigenvalue weighted by molar-refractivity contribution is 0.0953. The van der Waals surface area contributed by atoms with Gasteiger partial charge >= 0.3 is 0 Å². The van der Waals surface area contributed by atoms with E-state index in [-0.39, 0.29) is 24.1 Å². The number of carbonyl (C=O) groups is 1. The third kappa shape index (κ3) is 3.93. The van der Waals surface area contributed by atoms with Crippen LogP contribution in [0.2, 0.25) is 0 Å². The van der Waals surface area contributed by atoms with E-state index in [0.717, 1.165) is 0 Å². The molecule has 0 aliphatic carbocycles. The molecule has 3 aromatic rings. The average Bonchev–Trinajstić information content (AvgIpc) is 3.23. The Morgan fingerprint density at radius 3 is 2.59 bits per heavy atom. The molecule has 1 aliphatic rings. The van der Waals surface area contributed by atoms with Gasteiger partial charge in [0.1, 0.15) is 5.25 Å². The maximum Gasteiger partial charge on any atom is 0.251 e. The number of nitrogens with zero attached hydrogens (tertiary/aromatic N) is 1.